The fourth-order valence-electron chi connectivity index (χ4n) is 1.78. The van der Waals surface area contributed by atoms with Crippen LogP contribution in [0.5, 0.6) is 11.5 Å². The number of carbonyl (C=O) groups is 2. The maximum Gasteiger partial charge on any atom is 0.320 e. The number of rotatable bonds is 4. The van der Waals surface area contributed by atoms with Crippen molar-refractivity contribution in [3.8, 4) is 11.5 Å². The normalized spacial score (nSPS) is 12.9. The lowest BCUT2D eigenvalue weighted by atomic mass is 10.2. The zero-order valence-electron chi connectivity index (χ0n) is 12.1. The van der Waals surface area contributed by atoms with Gasteiger partial charge in [0.1, 0.15) is 6.04 Å². The monoisotopic (exact) mass is 336 g/mol. The summed E-state index contributed by atoms with van der Waals surface area (Å²) in [6.45, 7) is 0.206. The highest BCUT2D eigenvalue weighted by Crippen LogP contribution is 2.32. The van der Waals surface area contributed by atoms with E-state index in [1.807, 2.05) is 17.5 Å². The number of hydrogen-bond donors (Lipinski definition) is 3. The highest BCUT2D eigenvalue weighted by Gasteiger charge is 2.14. The van der Waals surface area contributed by atoms with Gasteiger partial charge in [-0.2, -0.15) is 0 Å². The van der Waals surface area contributed by atoms with E-state index in [0.29, 0.717) is 23.5 Å². The van der Waals surface area contributed by atoms with Crippen molar-refractivity contribution < 1.29 is 24.2 Å². The number of carbonyl (C=O) groups excluding carboxylic acids is 1. The molecule has 1 aromatic heterocycles. The molecule has 8 heteroatoms. The fraction of sp³-hybridized carbons (Fsp3) is 0.200. The van der Waals surface area contributed by atoms with E-state index in [2.05, 4.69) is 0 Å². The molecule has 0 saturated carbocycles. The number of hydrogen-bond acceptors (Lipinski definition) is 6. The van der Waals surface area contributed by atoms with Crippen LogP contribution in [0.1, 0.15) is 15.2 Å². The summed E-state index contributed by atoms with van der Waals surface area (Å²) >= 11 is 1.53. The number of carboxylic acids is 1. The van der Waals surface area contributed by atoms with Crippen molar-refractivity contribution in [2.45, 2.75) is 12.5 Å². The first-order valence-corrected chi connectivity index (χ1v) is 7.55. The van der Waals surface area contributed by atoms with Crippen LogP contribution in [0.25, 0.3) is 0 Å². The number of carboxylic acid groups (broad SMARTS) is 1. The Hall–Kier alpha value is -2.58. The van der Waals surface area contributed by atoms with Gasteiger partial charge in [0.05, 0.1) is 0 Å². The minimum Gasteiger partial charge on any atom is -0.480 e. The van der Waals surface area contributed by atoms with E-state index in [4.69, 9.17) is 26.0 Å². The van der Waals surface area contributed by atoms with Crippen LogP contribution in [-0.2, 0) is 11.2 Å². The number of ether oxygens (including phenoxy) is 2. The quantitative estimate of drug-likeness (QED) is 0.771. The molecule has 23 heavy (non-hydrogen) atoms. The Kier molecular flexibility index (Phi) is 5.56. The molecule has 3 rings (SSSR count). The Morgan fingerprint density at radius 2 is 2.00 bits per heavy atom. The fourth-order valence-corrected chi connectivity index (χ4v) is 2.55. The third kappa shape index (κ3) is 4.70. The molecule has 2 heterocycles. The van der Waals surface area contributed by atoms with E-state index in [-0.39, 0.29) is 6.79 Å². The number of fused-ring (bicyclic) bond motifs is 1. The van der Waals surface area contributed by atoms with Crippen molar-refractivity contribution in [1.29, 1.82) is 0 Å². The third-order valence-corrected chi connectivity index (χ3v) is 3.87. The average Bonchev–Trinajstić information content (AvgIpc) is 3.17. The zero-order valence-corrected chi connectivity index (χ0v) is 12.9. The van der Waals surface area contributed by atoms with Gasteiger partial charge in [0, 0.05) is 16.9 Å². The second-order valence-electron chi connectivity index (χ2n) is 4.66. The number of nitrogens with two attached hydrogens (primary N) is 2. The van der Waals surface area contributed by atoms with E-state index in [9.17, 15) is 9.59 Å². The summed E-state index contributed by atoms with van der Waals surface area (Å²) in [4.78, 5) is 22.0. The zero-order chi connectivity index (χ0) is 16.8. The minimum absolute atomic E-state index is 0.206. The largest absolute Gasteiger partial charge is 0.480 e. The Balaban J connectivity index is 0.000000168. The number of aliphatic carboxylic acids is 1. The van der Waals surface area contributed by atoms with Crippen LogP contribution in [0.2, 0.25) is 0 Å². The van der Waals surface area contributed by atoms with Crippen LogP contribution in [0, 0.1) is 0 Å². The number of amides is 1. The van der Waals surface area contributed by atoms with Gasteiger partial charge in [-0.25, -0.2) is 0 Å². The molecule has 0 aliphatic carbocycles. The molecule has 2 aromatic rings. The highest BCUT2D eigenvalue weighted by atomic mass is 32.1. The van der Waals surface area contributed by atoms with Gasteiger partial charge in [-0.15, -0.1) is 11.3 Å². The molecule has 0 fully saturated rings. The molecule has 1 aliphatic heterocycles. The summed E-state index contributed by atoms with van der Waals surface area (Å²) in [6, 6.07) is 7.85. The lowest BCUT2D eigenvalue weighted by molar-refractivity contribution is -0.138. The van der Waals surface area contributed by atoms with Crippen molar-refractivity contribution in [1.82, 2.24) is 0 Å². The predicted molar refractivity (Wildman–Crippen MR) is 84.7 cm³/mol. The molecule has 1 amide bonds. The Morgan fingerprint density at radius 3 is 2.61 bits per heavy atom. The van der Waals surface area contributed by atoms with Crippen molar-refractivity contribution in [2.24, 2.45) is 11.5 Å². The smallest absolute Gasteiger partial charge is 0.320 e. The molecule has 0 spiro atoms. The first kappa shape index (κ1) is 16.8. The molecule has 7 nitrogen and oxygen atoms in total. The molecule has 0 saturated heterocycles. The van der Waals surface area contributed by atoms with Crippen molar-refractivity contribution in [3.63, 3.8) is 0 Å². The third-order valence-electron chi connectivity index (χ3n) is 2.98. The number of thiophene rings is 1. The lowest BCUT2D eigenvalue weighted by Gasteiger charge is -2.02. The summed E-state index contributed by atoms with van der Waals surface area (Å²) in [7, 11) is 0. The number of benzene rings is 1. The van der Waals surface area contributed by atoms with Gasteiger partial charge in [0.15, 0.2) is 11.5 Å². The molecule has 122 valence electrons. The molecule has 1 atom stereocenters. The molecule has 0 radical (unpaired) electrons. The van der Waals surface area contributed by atoms with E-state index in [1.165, 1.54) is 11.3 Å². The average molecular weight is 336 g/mol. The molecular formula is C15H16N2O5S. The van der Waals surface area contributed by atoms with Gasteiger partial charge < -0.3 is 26.0 Å². The van der Waals surface area contributed by atoms with E-state index < -0.39 is 17.9 Å². The van der Waals surface area contributed by atoms with Crippen LogP contribution in [-0.4, -0.2) is 29.8 Å². The van der Waals surface area contributed by atoms with Gasteiger partial charge in [0.2, 0.25) is 12.7 Å². The Morgan fingerprint density at radius 1 is 1.26 bits per heavy atom. The van der Waals surface area contributed by atoms with Crippen molar-refractivity contribution in [3.05, 3.63) is 46.2 Å². The van der Waals surface area contributed by atoms with Gasteiger partial charge in [0.25, 0.3) is 0 Å². The maximum atomic E-state index is 10.7. The van der Waals surface area contributed by atoms with Gasteiger partial charge in [-0.1, -0.05) is 6.07 Å². The molecule has 1 aliphatic rings. The van der Waals surface area contributed by atoms with E-state index in [0.717, 1.165) is 4.88 Å². The van der Waals surface area contributed by atoms with Crippen LogP contribution in [0.4, 0.5) is 0 Å². The van der Waals surface area contributed by atoms with E-state index in [1.54, 1.807) is 18.2 Å². The van der Waals surface area contributed by atoms with Crippen molar-refractivity contribution in [2.75, 3.05) is 6.79 Å². The van der Waals surface area contributed by atoms with Crippen LogP contribution in [0.15, 0.2) is 35.7 Å². The second kappa shape index (κ2) is 7.61. The summed E-state index contributed by atoms with van der Waals surface area (Å²) < 4.78 is 10.1. The highest BCUT2D eigenvalue weighted by molar-refractivity contribution is 7.09. The summed E-state index contributed by atoms with van der Waals surface area (Å²) in [5, 5.41) is 10.4. The predicted octanol–water partition coefficient (Wildman–Crippen LogP) is 1.22. The summed E-state index contributed by atoms with van der Waals surface area (Å²) in [5.41, 5.74) is 10.8. The van der Waals surface area contributed by atoms with Gasteiger partial charge >= 0.3 is 5.97 Å². The minimum atomic E-state index is -0.946. The van der Waals surface area contributed by atoms with Crippen LogP contribution >= 0.6 is 11.3 Å². The van der Waals surface area contributed by atoms with Crippen LogP contribution in [0.3, 0.4) is 0 Å². The van der Waals surface area contributed by atoms with Gasteiger partial charge in [-0.05, 0) is 29.6 Å². The van der Waals surface area contributed by atoms with Gasteiger partial charge in [-0.3, -0.25) is 9.59 Å². The van der Waals surface area contributed by atoms with Crippen molar-refractivity contribution >= 4 is 23.2 Å². The molecule has 0 unspecified atom stereocenters. The number of primary amides is 1. The molecule has 0 bridgehead atoms. The summed E-state index contributed by atoms with van der Waals surface area (Å²) in [6.07, 6.45) is 0.424. The maximum absolute atomic E-state index is 10.7. The first-order chi connectivity index (χ1) is 11.0. The molecule has 5 N–H and O–H groups in total. The lowest BCUT2D eigenvalue weighted by Crippen LogP contribution is -2.31. The Labute approximate surface area is 136 Å². The topological polar surface area (TPSA) is 125 Å². The standard InChI is InChI=1S/C8H7NO3.C7H9NO2S/c9-8(10)5-1-2-6-7(3-5)12-4-11-6;8-6(7(9)10)4-5-2-1-3-11-5/h1-3H,4H2,(H2,9,10);1-3,6H,4,8H2,(H,9,10)/t;6-/m.1/s1. The Bertz CT molecular complexity index is 687. The van der Waals surface area contributed by atoms with Crippen LogP contribution < -0.4 is 20.9 Å². The second-order valence-corrected chi connectivity index (χ2v) is 5.69. The SMILES string of the molecule is NC(=O)c1ccc2c(c1)OCO2.N[C@H](Cc1cccs1)C(=O)O. The summed E-state index contributed by atoms with van der Waals surface area (Å²) in [5.74, 6) is -0.182. The first-order valence-electron chi connectivity index (χ1n) is 6.67. The van der Waals surface area contributed by atoms with E-state index >= 15 is 0 Å². The molecule has 1 aromatic carbocycles. The molecular weight excluding hydrogens is 320 g/mol.